The number of likely N-dealkylation sites (tertiary alicyclic amines) is 1. The minimum atomic E-state index is -0.293. The van der Waals surface area contributed by atoms with Crippen LogP contribution in [0.1, 0.15) is 40.5 Å². The number of aliphatic hydroxyl groups excluding tert-OH is 1. The molecule has 1 aliphatic heterocycles. The molecule has 0 spiro atoms. The maximum Gasteiger partial charge on any atom is 0.319 e. The smallest absolute Gasteiger partial charge is 0.319 e. The molecule has 1 rings (SSSR count). The first-order chi connectivity index (χ1) is 7.19. The third-order valence-electron chi connectivity index (χ3n) is 3.45. The van der Waals surface area contributed by atoms with Crippen molar-refractivity contribution in [2.75, 3.05) is 13.7 Å². The molecule has 4 nitrogen and oxygen atoms in total. The van der Waals surface area contributed by atoms with E-state index in [1.165, 1.54) is 7.11 Å². The Labute approximate surface area is 97.6 Å². The Morgan fingerprint density at radius 3 is 2.12 bits per heavy atom. The fourth-order valence-corrected chi connectivity index (χ4v) is 2.89. The van der Waals surface area contributed by atoms with Gasteiger partial charge >= 0.3 is 5.97 Å². The molecule has 0 amide bonds. The van der Waals surface area contributed by atoms with Gasteiger partial charge in [0.15, 0.2) is 0 Å². The molecule has 0 atom stereocenters. The van der Waals surface area contributed by atoms with Crippen molar-refractivity contribution < 1.29 is 14.6 Å². The van der Waals surface area contributed by atoms with Gasteiger partial charge in [-0.15, -0.1) is 0 Å². The molecule has 0 aromatic rings. The van der Waals surface area contributed by atoms with Crippen molar-refractivity contribution in [2.45, 2.75) is 57.7 Å². The van der Waals surface area contributed by atoms with Gasteiger partial charge in [-0.25, -0.2) is 0 Å². The van der Waals surface area contributed by atoms with Crippen LogP contribution >= 0.6 is 0 Å². The Balaban J connectivity index is 2.88. The van der Waals surface area contributed by atoms with E-state index in [9.17, 15) is 9.90 Å². The molecule has 1 fully saturated rings. The lowest BCUT2D eigenvalue weighted by Gasteiger charge is -2.53. The molecule has 0 aromatic heterocycles. The van der Waals surface area contributed by atoms with E-state index in [0.717, 1.165) is 0 Å². The fraction of sp³-hybridized carbons (Fsp3) is 0.917. The van der Waals surface area contributed by atoms with Crippen LogP contribution in [0, 0.1) is 0 Å². The van der Waals surface area contributed by atoms with Crippen LogP contribution in [0.5, 0.6) is 0 Å². The zero-order valence-electron chi connectivity index (χ0n) is 10.9. The molecule has 0 saturated carbocycles. The number of ether oxygens (including phenoxy) is 1. The van der Waals surface area contributed by atoms with Crippen molar-refractivity contribution in [2.24, 2.45) is 0 Å². The van der Waals surface area contributed by atoms with E-state index in [1.54, 1.807) is 0 Å². The van der Waals surface area contributed by atoms with Crippen LogP contribution < -0.4 is 0 Å². The molecule has 0 aliphatic carbocycles. The third kappa shape index (κ3) is 2.74. The summed E-state index contributed by atoms with van der Waals surface area (Å²) in [5.74, 6) is -0.225. The second-order valence-corrected chi connectivity index (χ2v) is 5.85. The minimum Gasteiger partial charge on any atom is -0.468 e. The zero-order chi connectivity index (χ0) is 12.6. The van der Waals surface area contributed by atoms with Crippen LogP contribution in [0.15, 0.2) is 0 Å². The van der Waals surface area contributed by atoms with Crippen LogP contribution in [-0.4, -0.2) is 46.8 Å². The summed E-state index contributed by atoms with van der Waals surface area (Å²) in [5.41, 5.74) is -0.370. The lowest BCUT2D eigenvalue weighted by atomic mass is 9.78. The summed E-state index contributed by atoms with van der Waals surface area (Å²) in [6.07, 6.45) is 1.08. The Morgan fingerprint density at radius 1 is 1.31 bits per heavy atom. The van der Waals surface area contributed by atoms with Gasteiger partial charge in [0, 0.05) is 11.1 Å². The highest BCUT2D eigenvalue weighted by Gasteiger charge is 2.45. The van der Waals surface area contributed by atoms with Gasteiger partial charge in [0.25, 0.3) is 0 Å². The highest BCUT2D eigenvalue weighted by atomic mass is 16.5. The summed E-state index contributed by atoms with van der Waals surface area (Å²) >= 11 is 0. The predicted octanol–water partition coefficient (Wildman–Crippen LogP) is 1.17. The van der Waals surface area contributed by atoms with Gasteiger partial charge in [0.05, 0.1) is 19.8 Å². The van der Waals surface area contributed by atoms with Crippen molar-refractivity contribution in [1.29, 1.82) is 0 Å². The number of methoxy groups -OCH3 is 1. The predicted molar refractivity (Wildman–Crippen MR) is 62.1 cm³/mol. The summed E-state index contributed by atoms with van der Waals surface area (Å²) in [7, 11) is 1.40. The number of esters is 1. The number of nitrogens with zero attached hydrogens (tertiary/aromatic N) is 1. The molecule has 0 unspecified atom stereocenters. The van der Waals surface area contributed by atoms with Crippen LogP contribution in [0.4, 0.5) is 0 Å². The Hall–Kier alpha value is -0.610. The highest BCUT2D eigenvalue weighted by molar-refractivity contribution is 5.71. The molecule has 0 aromatic carbocycles. The molecule has 1 N–H and O–H groups in total. The zero-order valence-corrected chi connectivity index (χ0v) is 10.9. The summed E-state index contributed by atoms with van der Waals surface area (Å²) in [6, 6.07) is 0. The van der Waals surface area contributed by atoms with E-state index in [2.05, 4.69) is 32.6 Å². The number of carbonyl (C=O) groups excluding carboxylic acids is 1. The summed E-state index contributed by atoms with van der Waals surface area (Å²) in [6.45, 7) is 8.50. The quantitative estimate of drug-likeness (QED) is 0.722. The van der Waals surface area contributed by atoms with E-state index >= 15 is 0 Å². The van der Waals surface area contributed by atoms with Gasteiger partial charge in [0.1, 0.15) is 0 Å². The number of hydrogen-bond acceptors (Lipinski definition) is 4. The number of carbonyl (C=O) groups is 1. The first-order valence-electron chi connectivity index (χ1n) is 5.72. The molecule has 0 radical (unpaired) electrons. The van der Waals surface area contributed by atoms with Gasteiger partial charge in [-0.05, 0) is 40.5 Å². The average Bonchev–Trinajstić information content (AvgIpc) is 2.08. The molecular weight excluding hydrogens is 206 g/mol. The molecule has 94 valence electrons. The van der Waals surface area contributed by atoms with Crippen LogP contribution in [-0.2, 0) is 9.53 Å². The standard InChI is InChI=1S/C12H23NO3/c1-11(2)6-9(14)7-12(3,4)13(11)8-10(15)16-5/h9,14H,6-8H2,1-5H3. The van der Waals surface area contributed by atoms with E-state index in [0.29, 0.717) is 12.8 Å². The van der Waals surface area contributed by atoms with E-state index in [1.807, 2.05) is 0 Å². The molecule has 1 heterocycles. The number of rotatable bonds is 2. The minimum absolute atomic E-state index is 0.185. The molecule has 1 saturated heterocycles. The summed E-state index contributed by atoms with van der Waals surface area (Å²) < 4.78 is 4.72. The van der Waals surface area contributed by atoms with Crippen molar-refractivity contribution >= 4 is 5.97 Å². The average molecular weight is 229 g/mol. The third-order valence-corrected chi connectivity index (χ3v) is 3.45. The van der Waals surface area contributed by atoms with Gasteiger partial charge in [-0.1, -0.05) is 0 Å². The monoisotopic (exact) mass is 229 g/mol. The second-order valence-electron chi connectivity index (χ2n) is 5.85. The molecule has 1 aliphatic rings. The Morgan fingerprint density at radius 2 is 1.75 bits per heavy atom. The van der Waals surface area contributed by atoms with Crippen LogP contribution in [0.3, 0.4) is 0 Å². The van der Waals surface area contributed by atoms with Crippen molar-refractivity contribution in [3.05, 3.63) is 0 Å². The largest absolute Gasteiger partial charge is 0.468 e. The summed E-state index contributed by atoms with van der Waals surface area (Å²) in [5, 5.41) is 9.85. The SMILES string of the molecule is COC(=O)CN1C(C)(C)CC(O)CC1(C)C. The first kappa shape index (κ1) is 13.5. The van der Waals surface area contributed by atoms with E-state index < -0.39 is 0 Å². The fourth-order valence-electron chi connectivity index (χ4n) is 2.89. The number of hydrogen-bond donors (Lipinski definition) is 1. The maximum absolute atomic E-state index is 11.4. The van der Waals surface area contributed by atoms with Gasteiger partial charge < -0.3 is 9.84 Å². The van der Waals surface area contributed by atoms with Crippen LogP contribution in [0.25, 0.3) is 0 Å². The van der Waals surface area contributed by atoms with Gasteiger partial charge in [-0.3, -0.25) is 9.69 Å². The molecule has 4 heteroatoms. The van der Waals surface area contributed by atoms with Crippen molar-refractivity contribution in [3.63, 3.8) is 0 Å². The van der Waals surface area contributed by atoms with Crippen LogP contribution in [0.2, 0.25) is 0 Å². The Kier molecular flexibility index (Phi) is 3.65. The van der Waals surface area contributed by atoms with E-state index in [-0.39, 0.29) is 29.7 Å². The maximum atomic E-state index is 11.4. The lowest BCUT2D eigenvalue weighted by Crippen LogP contribution is -2.63. The lowest BCUT2D eigenvalue weighted by molar-refractivity contribution is -0.151. The van der Waals surface area contributed by atoms with Crippen molar-refractivity contribution in [1.82, 2.24) is 4.90 Å². The van der Waals surface area contributed by atoms with Gasteiger partial charge in [-0.2, -0.15) is 0 Å². The molecular formula is C12H23NO3. The first-order valence-corrected chi connectivity index (χ1v) is 5.72. The van der Waals surface area contributed by atoms with Crippen molar-refractivity contribution in [3.8, 4) is 0 Å². The van der Waals surface area contributed by atoms with Gasteiger partial charge in [0.2, 0.25) is 0 Å². The van der Waals surface area contributed by atoms with E-state index in [4.69, 9.17) is 4.74 Å². The second kappa shape index (κ2) is 4.34. The molecule has 0 bridgehead atoms. The summed E-state index contributed by atoms with van der Waals surface area (Å²) in [4.78, 5) is 13.5. The highest BCUT2D eigenvalue weighted by Crippen LogP contribution is 2.37. The topological polar surface area (TPSA) is 49.8 Å². The Bertz CT molecular complexity index is 255. The number of piperidine rings is 1. The number of aliphatic hydroxyl groups is 1. The molecule has 16 heavy (non-hydrogen) atoms. The normalized spacial score (nSPS) is 25.4.